The van der Waals surface area contributed by atoms with E-state index in [0.29, 0.717) is 18.7 Å². The van der Waals surface area contributed by atoms with E-state index >= 15 is 0 Å². The highest BCUT2D eigenvalue weighted by Crippen LogP contribution is 2.25. The lowest BCUT2D eigenvalue weighted by atomic mass is 10.00. The molecule has 1 atom stereocenters. The van der Waals surface area contributed by atoms with Crippen LogP contribution in [0.4, 0.5) is 0 Å². The van der Waals surface area contributed by atoms with Gasteiger partial charge < -0.3 is 10.4 Å². The minimum atomic E-state index is -0.812. The Bertz CT molecular complexity index is 323. The van der Waals surface area contributed by atoms with E-state index in [9.17, 15) is 5.11 Å². The van der Waals surface area contributed by atoms with Crippen molar-refractivity contribution in [3.63, 3.8) is 0 Å². The Labute approximate surface area is 107 Å². The average Bonchev–Trinajstić information content (AvgIpc) is 2.71. The maximum atomic E-state index is 10.2. The smallest absolute Gasteiger partial charge is 0.123 e. The van der Waals surface area contributed by atoms with Gasteiger partial charge in [-0.3, -0.25) is 0 Å². The molecule has 2 N–H and O–H groups in total. The molecule has 0 aliphatic carbocycles. The van der Waals surface area contributed by atoms with E-state index < -0.39 is 5.60 Å². The normalized spacial score (nSPS) is 24.0. The van der Waals surface area contributed by atoms with Gasteiger partial charge in [0, 0.05) is 12.6 Å². The fourth-order valence-corrected chi connectivity index (χ4v) is 1.64. The summed E-state index contributed by atoms with van der Waals surface area (Å²) >= 11 is 0. The Balaban J connectivity index is 0.00000112. The summed E-state index contributed by atoms with van der Waals surface area (Å²) in [6.07, 6.45) is 2.54. The van der Waals surface area contributed by atoms with Crippen molar-refractivity contribution in [3.05, 3.63) is 11.9 Å². The molecule has 0 aromatic carbocycles. The molecule has 16 heavy (non-hydrogen) atoms. The van der Waals surface area contributed by atoms with Crippen molar-refractivity contribution in [1.82, 2.24) is 20.3 Å². The quantitative estimate of drug-likeness (QED) is 0.836. The van der Waals surface area contributed by atoms with Gasteiger partial charge in [-0.25, -0.2) is 4.68 Å². The van der Waals surface area contributed by atoms with Gasteiger partial charge in [0.25, 0.3) is 0 Å². The van der Waals surface area contributed by atoms with Crippen LogP contribution in [-0.4, -0.2) is 33.2 Å². The van der Waals surface area contributed by atoms with Crippen LogP contribution in [-0.2, 0) is 5.60 Å². The lowest BCUT2D eigenvalue weighted by Gasteiger charge is -2.17. The predicted molar refractivity (Wildman–Crippen MR) is 66.3 cm³/mol. The van der Waals surface area contributed by atoms with Crippen LogP contribution in [0.3, 0.4) is 0 Å². The molecule has 0 saturated carbocycles. The van der Waals surface area contributed by atoms with E-state index in [1.807, 2.05) is 20.0 Å². The second kappa shape index (κ2) is 5.82. The highest BCUT2D eigenvalue weighted by Gasteiger charge is 2.35. The topological polar surface area (TPSA) is 63.0 Å². The molecule has 1 fully saturated rings. The molecule has 1 aliphatic heterocycles. The summed E-state index contributed by atoms with van der Waals surface area (Å²) in [6, 6.07) is 0.286. The summed E-state index contributed by atoms with van der Waals surface area (Å²) in [5, 5.41) is 21.3. The number of nitrogens with one attached hydrogen (secondary N) is 1. The zero-order valence-electron chi connectivity index (χ0n) is 9.38. The van der Waals surface area contributed by atoms with Gasteiger partial charge in [-0.1, -0.05) is 5.21 Å². The minimum Gasteiger partial charge on any atom is -0.382 e. The van der Waals surface area contributed by atoms with Gasteiger partial charge in [-0.2, -0.15) is 0 Å². The minimum absolute atomic E-state index is 0. The first-order valence-electron chi connectivity index (χ1n) is 4.97. The number of aliphatic hydroxyl groups is 1. The summed E-state index contributed by atoms with van der Waals surface area (Å²) < 4.78 is 1.77. The van der Waals surface area contributed by atoms with Crippen molar-refractivity contribution >= 4 is 24.8 Å². The molecular weight excluding hydrogens is 251 g/mol. The Morgan fingerprint density at radius 2 is 2.19 bits per heavy atom. The molecule has 5 nitrogen and oxygen atoms in total. The Morgan fingerprint density at radius 1 is 1.50 bits per heavy atom. The van der Waals surface area contributed by atoms with E-state index in [0.717, 1.165) is 6.54 Å². The summed E-state index contributed by atoms with van der Waals surface area (Å²) in [5.74, 6) is 0. The van der Waals surface area contributed by atoms with Gasteiger partial charge in [0.15, 0.2) is 0 Å². The molecule has 2 rings (SSSR count). The second-order valence-electron chi connectivity index (χ2n) is 4.14. The van der Waals surface area contributed by atoms with Crippen LogP contribution in [0.15, 0.2) is 6.20 Å². The largest absolute Gasteiger partial charge is 0.382 e. The first-order chi connectivity index (χ1) is 6.62. The lowest BCUT2D eigenvalue weighted by Crippen LogP contribution is -2.28. The number of rotatable bonds is 2. The van der Waals surface area contributed by atoms with Gasteiger partial charge in [0.05, 0.1) is 6.20 Å². The highest BCUT2D eigenvalue weighted by atomic mass is 35.5. The Kier molecular flexibility index (Phi) is 5.69. The third kappa shape index (κ3) is 2.85. The second-order valence-corrected chi connectivity index (χ2v) is 4.14. The van der Waals surface area contributed by atoms with Crippen LogP contribution in [0.5, 0.6) is 0 Å². The van der Waals surface area contributed by atoms with Crippen molar-refractivity contribution in [2.75, 3.05) is 13.1 Å². The number of hydrogen-bond acceptors (Lipinski definition) is 4. The molecule has 1 unspecified atom stereocenters. The van der Waals surface area contributed by atoms with Gasteiger partial charge in [-0.05, 0) is 26.8 Å². The van der Waals surface area contributed by atoms with Crippen LogP contribution in [0.2, 0.25) is 0 Å². The molecule has 0 spiro atoms. The van der Waals surface area contributed by atoms with Crippen LogP contribution in [0, 0.1) is 0 Å². The summed E-state index contributed by atoms with van der Waals surface area (Å²) in [7, 11) is 0. The van der Waals surface area contributed by atoms with Gasteiger partial charge >= 0.3 is 0 Å². The number of hydrogen-bond donors (Lipinski definition) is 2. The fraction of sp³-hybridized carbons (Fsp3) is 0.778. The summed E-state index contributed by atoms with van der Waals surface area (Å²) in [4.78, 5) is 0. The Morgan fingerprint density at radius 3 is 2.62 bits per heavy atom. The molecule has 2 heterocycles. The number of β-amino-alcohol motifs (C(OH)–C–C–N with tert-alkyl or cyclic N) is 1. The first kappa shape index (κ1) is 15.6. The molecule has 94 valence electrons. The van der Waals surface area contributed by atoms with Crippen LogP contribution >= 0.6 is 24.8 Å². The molecule has 1 saturated heterocycles. The summed E-state index contributed by atoms with van der Waals surface area (Å²) in [5.41, 5.74) is -0.135. The van der Waals surface area contributed by atoms with Crippen LogP contribution in [0.1, 0.15) is 32.0 Å². The monoisotopic (exact) mass is 268 g/mol. The average molecular weight is 269 g/mol. The molecule has 0 bridgehead atoms. The first-order valence-corrected chi connectivity index (χ1v) is 4.97. The maximum Gasteiger partial charge on any atom is 0.123 e. The molecule has 1 aromatic heterocycles. The molecule has 7 heteroatoms. The molecule has 1 aliphatic rings. The van der Waals surface area contributed by atoms with Gasteiger partial charge in [0.1, 0.15) is 11.3 Å². The maximum absolute atomic E-state index is 10.2. The molecule has 1 aromatic rings. The SMILES string of the molecule is CC(C)n1cc(C2(O)CCNC2)nn1.Cl.Cl. The van der Waals surface area contributed by atoms with Crippen molar-refractivity contribution in [3.8, 4) is 0 Å². The van der Waals surface area contributed by atoms with E-state index in [4.69, 9.17) is 0 Å². The third-order valence-corrected chi connectivity index (χ3v) is 2.65. The van der Waals surface area contributed by atoms with Crippen LogP contribution < -0.4 is 5.32 Å². The number of halogens is 2. The van der Waals surface area contributed by atoms with E-state index in [1.54, 1.807) is 4.68 Å². The zero-order valence-corrected chi connectivity index (χ0v) is 11.0. The lowest BCUT2D eigenvalue weighted by molar-refractivity contribution is 0.0540. The van der Waals surface area contributed by atoms with Crippen molar-refractivity contribution in [2.24, 2.45) is 0 Å². The number of aromatic nitrogens is 3. The number of nitrogens with zero attached hydrogens (tertiary/aromatic N) is 3. The van der Waals surface area contributed by atoms with Crippen molar-refractivity contribution < 1.29 is 5.11 Å². The van der Waals surface area contributed by atoms with E-state index in [2.05, 4.69) is 15.6 Å². The van der Waals surface area contributed by atoms with Crippen LogP contribution in [0.25, 0.3) is 0 Å². The predicted octanol–water partition coefficient (Wildman–Crippen LogP) is 0.883. The van der Waals surface area contributed by atoms with Crippen molar-refractivity contribution in [1.29, 1.82) is 0 Å². The van der Waals surface area contributed by atoms with E-state index in [-0.39, 0.29) is 30.9 Å². The van der Waals surface area contributed by atoms with E-state index in [1.165, 1.54) is 0 Å². The summed E-state index contributed by atoms with van der Waals surface area (Å²) in [6.45, 7) is 5.49. The fourth-order valence-electron chi connectivity index (χ4n) is 1.64. The standard InChI is InChI=1S/C9H16N4O.2ClH/c1-7(2)13-5-8(11-12-13)9(14)3-4-10-6-9;;/h5,7,10,14H,3-4,6H2,1-2H3;2*1H. The highest BCUT2D eigenvalue weighted by molar-refractivity contribution is 5.85. The van der Waals surface area contributed by atoms with Gasteiger partial charge in [0.2, 0.25) is 0 Å². The third-order valence-electron chi connectivity index (χ3n) is 2.65. The zero-order chi connectivity index (χ0) is 10.2. The molecule has 0 amide bonds. The van der Waals surface area contributed by atoms with Gasteiger partial charge in [-0.15, -0.1) is 29.9 Å². The van der Waals surface area contributed by atoms with Crippen molar-refractivity contribution in [2.45, 2.75) is 31.9 Å². The Hall–Kier alpha value is -0.360. The molecule has 0 radical (unpaired) electrons. The molecular formula is C9H18Cl2N4O.